The molecule has 3 nitrogen and oxygen atoms in total. The summed E-state index contributed by atoms with van der Waals surface area (Å²) in [5, 5.41) is 13.0. The molecule has 2 aromatic carbocycles. The van der Waals surface area contributed by atoms with Crippen LogP contribution in [0.1, 0.15) is 16.7 Å². The Morgan fingerprint density at radius 1 is 1.19 bits per heavy atom. The fourth-order valence-corrected chi connectivity index (χ4v) is 2.31. The van der Waals surface area contributed by atoms with Crippen LogP contribution >= 0.6 is 11.6 Å². The Morgan fingerprint density at radius 3 is 2.71 bits per heavy atom. The normalized spacial score (nSPS) is 10.1. The second-order valence-corrected chi connectivity index (χ2v) is 5.06. The summed E-state index contributed by atoms with van der Waals surface area (Å²) in [7, 11) is 1.62. The molecular formula is C17H17ClN2O. The third-order valence-electron chi connectivity index (χ3n) is 3.26. The highest BCUT2D eigenvalue weighted by molar-refractivity contribution is 6.31. The SMILES string of the molecule is COc1cc(C#N)ccc1CCNCc1ccccc1Cl. The molecule has 0 aliphatic heterocycles. The minimum Gasteiger partial charge on any atom is -0.496 e. The Labute approximate surface area is 130 Å². The molecular weight excluding hydrogens is 284 g/mol. The van der Waals surface area contributed by atoms with Gasteiger partial charge in [0.15, 0.2) is 0 Å². The molecule has 0 atom stereocenters. The van der Waals surface area contributed by atoms with Crippen LogP contribution in [0, 0.1) is 11.3 Å². The molecule has 0 unspecified atom stereocenters. The van der Waals surface area contributed by atoms with E-state index in [1.54, 1.807) is 13.2 Å². The van der Waals surface area contributed by atoms with E-state index in [2.05, 4.69) is 11.4 Å². The van der Waals surface area contributed by atoms with E-state index in [4.69, 9.17) is 21.6 Å². The van der Waals surface area contributed by atoms with Gasteiger partial charge in [-0.05, 0) is 42.3 Å². The Balaban J connectivity index is 1.89. The molecule has 2 aromatic rings. The number of hydrogen-bond acceptors (Lipinski definition) is 3. The van der Waals surface area contributed by atoms with Crippen molar-refractivity contribution in [3.8, 4) is 11.8 Å². The first-order chi connectivity index (χ1) is 10.2. The lowest BCUT2D eigenvalue weighted by Crippen LogP contribution is -2.17. The molecule has 0 heterocycles. The minimum atomic E-state index is 0.611. The van der Waals surface area contributed by atoms with E-state index in [1.807, 2.05) is 36.4 Å². The van der Waals surface area contributed by atoms with Crippen molar-refractivity contribution in [2.75, 3.05) is 13.7 Å². The summed E-state index contributed by atoms with van der Waals surface area (Å²) in [5.41, 5.74) is 2.79. The molecule has 108 valence electrons. The monoisotopic (exact) mass is 300 g/mol. The summed E-state index contributed by atoms with van der Waals surface area (Å²) in [6, 6.07) is 15.4. The maximum absolute atomic E-state index is 8.88. The highest BCUT2D eigenvalue weighted by Gasteiger charge is 2.04. The van der Waals surface area contributed by atoms with Gasteiger partial charge in [-0.25, -0.2) is 0 Å². The number of nitrogens with one attached hydrogen (secondary N) is 1. The average Bonchev–Trinajstić information content (AvgIpc) is 2.53. The first kappa shape index (κ1) is 15.4. The van der Waals surface area contributed by atoms with Crippen molar-refractivity contribution in [1.29, 1.82) is 5.26 Å². The number of rotatable bonds is 6. The van der Waals surface area contributed by atoms with Crippen molar-refractivity contribution < 1.29 is 4.74 Å². The van der Waals surface area contributed by atoms with Crippen molar-refractivity contribution in [2.45, 2.75) is 13.0 Å². The summed E-state index contributed by atoms with van der Waals surface area (Å²) >= 11 is 6.11. The van der Waals surface area contributed by atoms with Crippen LogP contribution in [0.25, 0.3) is 0 Å². The van der Waals surface area contributed by atoms with Crippen LogP contribution < -0.4 is 10.1 Å². The molecule has 1 N–H and O–H groups in total. The van der Waals surface area contributed by atoms with Gasteiger partial charge in [-0.15, -0.1) is 0 Å². The molecule has 0 bridgehead atoms. The van der Waals surface area contributed by atoms with Crippen LogP contribution in [0.2, 0.25) is 5.02 Å². The van der Waals surface area contributed by atoms with Gasteiger partial charge in [0.2, 0.25) is 0 Å². The number of nitriles is 1. The summed E-state index contributed by atoms with van der Waals surface area (Å²) in [6.07, 6.45) is 0.833. The number of halogens is 1. The Bertz CT molecular complexity index is 649. The van der Waals surface area contributed by atoms with Crippen LogP contribution in [0.5, 0.6) is 5.75 Å². The van der Waals surface area contributed by atoms with Crippen molar-refractivity contribution in [3.05, 3.63) is 64.2 Å². The number of methoxy groups -OCH3 is 1. The second kappa shape index (κ2) is 7.68. The van der Waals surface area contributed by atoms with E-state index < -0.39 is 0 Å². The maximum atomic E-state index is 8.88. The molecule has 0 saturated heterocycles. The molecule has 0 radical (unpaired) electrons. The smallest absolute Gasteiger partial charge is 0.123 e. The van der Waals surface area contributed by atoms with Crippen LogP contribution in [0.3, 0.4) is 0 Å². The molecule has 2 rings (SSSR count). The van der Waals surface area contributed by atoms with Crippen LogP contribution in [-0.4, -0.2) is 13.7 Å². The van der Waals surface area contributed by atoms with Crippen molar-refractivity contribution >= 4 is 11.6 Å². The van der Waals surface area contributed by atoms with Crippen LogP contribution in [0.4, 0.5) is 0 Å². The summed E-state index contributed by atoms with van der Waals surface area (Å²) < 4.78 is 5.32. The predicted octanol–water partition coefficient (Wildman–Crippen LogP) is 3.55. The zero-order valence-corrected chi connectivity index (χ0v) is 12.7. The maximum Gasteiger partial charge on any atom is 0.123 e. The van der Waals surface area contributed by atoms with Crippen molar-refractivity contribution in [2.24, 2.45) is 0 Å². The van der Waals surface area contributed by atoms with Gasteiger partial charge < -0.3 is 10.1 Å². The molecule has 0 aromatic heterocycles. The third kappa shape index (κ3) is 4.22. The predicted molar refractivity (Wildman–Crippen MR) is 84.6 cm³/mol. The zero-order valence-electron chi connectivity index (χ0n) is 11.9. The molecule has 21 heavy (non-hydrogen) atoms. The number of nitrogens with zero attached hydrogens (tertiary/aromatic N) is 1. The third-order valence-corrected chi connectivity index (χ3v) is 3.63. The topological polar surface area (TPSA) is 45.0 Å². The van der Waals surface area contributed by atoms with Gasteiger partial charge >= 0.3 is 0 Å². The summed E-state index contributed by atoms with van der Waals surface area (Å²) in [4.78, 5) is 0. The Morgan fingerprint density at radius 2 is 2.00 bits per heavy atom. The zero-order chi connectivity index (χ0) is 15.1. The second-order valence-electron chi connectivity index (χ2n) is 4.66. The first-order valence-corrected chi connectivity index (χ1v) is 7.13. The van der Waals surface area contributed by atoms with E-state index >= 15 is 0 Å². The van der Waals surface area contributed by atoms with Gasteiger partial charge in [0.25, 0.3) is 0 Å². The van der Waals surface area contributed by atoms with E-state index in [-0.39, 0.29) is 0 Å². The lowest BCUT2D eigenvalue weighted by atomic mass is 10.1. The van der Waals surface area contributed by atoms with Gasteiger partial charge in [-0.3, -0.25) is 0 Å². The van der Waals surface area contributed by atoms with Gasteiger partial charge in [0.05, 0.1) is 18.7 Å². The van der Waals surface area contributed by atoms with E-state index in [1.165, 1.54) is 0 Å². The minimum absolute atomic E-state index is 0.611. The highest BCUT2D eigenvalue weighted by atomic mass is 35.5. The van der Waals surface area contributed by atoms with Crippen molar-refractivity contribution in [3.63, 3.8) is 0 Å². The standard InChI is InChI=1S/C17H17ClN2O/c1-21-17-10-13(11-19)6-7-14(17)8-9-20-12-15-4-2-3-5-16(15)18/h2-7,10,20H,8-9,12H2,1H3. The van der Waals surface area contributed by atoms with Crippen LogP contribution in [-0.2, 0) is 13.0 Å². The van der Waals surface area contributed by atoms with E-state index in [9.17, 15) is 0 Å². The Hall–Kier alpha value is -2.02. The lowest BCUT2D eigenvalue weighted by molar-refractivity contribution is 0.409. The summed E-state index contributed by atoms with van der Waals surface area (Å²) in [6.45, 7) is 1.55. The largest absolute Gasteiger partial charge is 0.496 e. The lowest BCUT2D eigenvalue weighted by Gasteiger charge is -2.10. The fraction of sp³-hybridized carbons (Fsp3) is 0.235. The Kier molecular flexibility index (Phi) is 5.62. The molecule has 0 spiro atoms. The fourth-order valence-electron chi connectivity index (χ4n) is 2.11. The quantitative estimate of drug-likeness (QED) is 0.830. The molecule has 0 aliphatic rings. The summed E-state index contributed by atoms with van der Waals surface area (Å²) in [5.74, 6) is 0.758. The van der Waals surface area contributed by atoms with Gasteiger partial charge in [0, 0.05) is 11.6 Å². The average molecular weight is 301 g/mol. The molecule has 4 heteroatoms. The van der Waals surface area contributed by atoms with E-state index in [0.717, 1.165) is 41.4 Å². The number of benzene rings is 2. The van der Waals surface area contributed by atoms with Crippen molar-refractivity contribution in [1.82, 2.24) is 5.32 Å². The van der Waals surface area contributed by atoms with E-state index in [0.29, 0.717) is 5.56 Å². The van der Waals surface area contributed by atoms with Gasteiger partial charge in [-0.1, -0.05) is 35.9 Å². The van der Waals surface area contributed by atoms with Crippen LogP contribution in [0.15, 0.2) is 42.5 Å². The first-order valence-electron chi connectivity index (χ1n) is 6.75. The van der Waals surface area contributed by atoms with Gasteiger partial charge in [-0.2, -0.15) is 5.26 Å². The number of ether oxygens (including phenoxy) is 1. The molecule has 0 aliphatic carbocycles. The molecule has 0 saturated carbocycles. The highest BCUT2D eigenvalue weighted by Crippen LogP contribution is 2.20. The van der Waals surface area contributed by atoms with Gasteiger partial charge in [0.1, 0.15) is 5.75 Å². The molecule has 0 fully saturated rings. The number of hydrogen-bond donors (Lipinski definition) is 1. The molecule has 0 amide bonds.